The summed E-state index contributed by atoms with van der Waals surface area (Å²) in [6.45, 7) is 3.55. The van der Waals surface area contributed by atoms with Crippen molar-refractivity contribution in [2.45, 2.75) is 13.8 Å². The Morgan fingerprint density at radius 1 is 0.758 bits per heavy atom. The van der Waals surface area contributed by atoms with Crippen molar-refractivity contribution >= 4 is 70.5 Å². The number of nitrogens with one attached hydrogen (secondary N) is 2. The van der Waals surface area contributed by atoms with Gasteiger partial charge in [-0.15, -0.1) is 0 Å². The van der Waals surface area contributed by atoms with Crippen molar-refractivity contribution in [2.75, 3.05) is 31.4 Å². The molecule has 0 aliphatic rings. The molecule has 10 heteroatoms. The molecule has 1 radical (unpaired) electrons. The second-order valence-corrected chi connectivity index (χ2v) is 7.77. The zero-order valence-electron chi connectivity index (χ0n) is 19.1. The van der Waals surface area contributed by atoms with Crippen LogP contribution in [0.25, 0.3) is 12.2 Å². The van der Waals surface area contributed by atoms with Crippen LogP contribution < -0.4 is 15.5 Å². The monoisotopic (exact) mass is 528 g/mol. The molecule has 0 saturated carbocycles. The second-order valence-electron chi connectivity index (χ2n) is 7.00. The van der Waals surface area contributed by atoms with Crippen LogP contribution in [0.3, 0.4) is 0 Å². The second kappa shape index (κ2) is 14.4. The van der Waals surface area contributed by atoms with Crippen LogP contribution in [-0.4, -0.2) is 42.9 Å². The summed E-state index contributed by atoms with van der Waals surface area (Å²) in [4.78, 5) is 2.08. The Morgan fingerprint density at radius 3 is 1.67 bits per heavy atom. The van der Waals surface area contributed by atoms with Gasteiger partial charge in [-0.25, -0.2) is 0 Å². The first-order valence-electron chi connectivity index (χ1n) is 9.87. The molecule has 2 aromatic rings. The fourth-order valence-electron chi connectivity index (χ4n) is 2.34. The Bertz CT molecular complexity index is 1040. The van der Waals surface area contributed by atoms with E-state index in [0.29, 0.717) is 16.6 Å². The molecule has 2 N–H and O–H groups in total. The van der Waals surface area contributed by atoms with Crippen LogP contribution in [0.1, 0.15) is 25.0 Å². The molecule has 0 bridgehead atoms. The van der Waals surface area contributed by atoms with E-state index in [2.05, 4.69) is 72.4 Å². The first-order chi connectivity index (χ1) is 15.3. The minimum Gasteiger partial charge on any atom is -0.741 e. The summed E-state index contributed by atoms with van der Waals surface area (Å²) in [5, 5.41) is 22.3. The van der Waals surface area contributed by atoms with E-state index in [-0.39, 0.29) is 22.2 Å². The normalized spacial score (nSPS) is 13.0. The van der Waals surface area contributed by atoms with E-state index in [9.17, 15) is 0 Å². The summed E-state index contributed by atoms with van der Waals surface area (Å²) in [7, 11) is 5.74. The van der Waals surface area contributed by atoms with Gasteiger partial charge < -0.3 is 40.8 Å². The largest absolute Gasteiger partial charge is 2.00 e. The molecule has 0 atom stereocenters. The summed E-state index contributed by atoms with van der Waals surface area (Å²) in [6.07, 6.45) is 4.15. The van der Waals surface area contributed by atoms with Crippen LogP contribution in [0.15, 0.2) is 68.9 Å². The van der Waals surface area contributed by atoms with E-state index in [1.807, 2.05) is 38.4 Å². The standard InChI is InChI=1S/C23H29N7S2.Cu/c1-16(26-28-22(31)24-3)17(2)27-29-23(32)25-20-12-8-18(9-13-20)6-7-19-10-14-21(15-11-19)30(4)5;/h6-15H,1-5H3,(H2,24,28,31)(H2,25,29,32);/q;+2/p-2/b7-6+,26-16+,27-17+;. The van der Waals surface area contributed by atoms with Crippen LogP contribution in [0.2, 0.25) is 0 Å². The molecule has 0 unspecified atom stereocenters. The van der Waals surface area contributed by atoms with E-state index >= 15 is 0 Å². The molecule has 0 aliphatic heterocycles. The fourth-order valence-corrected chi connectivity index (χ4v) is 2.54. The fraction of sp³-hybridized carbons (Fsp3) is 0.217. The Kier molecular flexibility index (Phi) is 12.3. The van der Waals surface area contributed by atoms with Gasteiger partial charge in [-0.05, 0) is 54.4 Å². The smallest absolute Gasteiger partial charge is 0.741 e. The molecule has 2 aromatic carbocycles. The van der Waals surface area contributed by atoms with Crippen molar-refractivity contribution in [2.24, 2.45) is 20.4 Å². The molecule has 0 amide bonds. The van der Waals surface area contributed by atoms with E-state index in [4.69, 9.17) is 25.3 Å². The van der Waals surface area contributed by atoms with Gasteiger partial charge in [0.05, 0.1) is 11.4 Å². The molecular weight excluding hydrogens is 502 g/mol. The van der Waals surface area contributed by atoms with Gasteiger partial charge >= 0.3 is 17.1 Å². The molecule has 0 fully saturated rings. The Hall–Kier alpha value is -2.78. The summed E-state index contributed by atoms with van der Waals surface area (Å²) in [5.41, 5.74) is 5.43. The molecule has 0 aliphatic carbocycles. The Morgan fingerprint density at radius 2 is 1.21 bits per heavy atom. The van der Waals surface area contributed by atoms with Crippen LogP contribution in [0.4, 0.5) is 11.4 Å². The minimum absolute atomic E-state index is 0. The van der Waals surface area contributed by atoms with E-state index in [1.165, 1.54) is 5.69 Å². The topological polar surface area (TPSA) is 76.7 Å². The van der Waals surface area contributed by atoms with Crippen LogP contribution in [0, 0.1) is 0 Å². The number of amidine groups is 2. The van der Waals surface area contributed by atoms with E-state index in [0.717, 1.165) is 16.8 Å². The van der Waals surface area contributed by atoms with Gasteiger partial charge in [-0.1, -0.05) is 36.4 Å². The average molecular weight is 529 g/mol. The quantitative estimate of drug-likeness (QED) is 0.141. The predicted octanol–water partition coefficient (Wildman–Crippen LogP) is 4.11. The summed E-state index contributed by atoms with van der Waals surface area (Å²) in [6, 6.07) is 16.3. The third-order valence-electron chi connectivity index (χ3n) is 4.36. The van der Waals surface area contributed by atoms with Gasteiger partial charge in [0.1, 0.15) is 0 Å². The van der Waals surface area contributed by atoms with Crippen molar-refractivity contribution in [3.8, 4) is 0 Å². The molecule has 0 heterocycles. The van der Waals surface area contributed by atoms with Crippen molar-refractivity contribution in [1.82, 2.24) is 5.32 Å². The number of nitrogens with zero attached hydrogens (tertiary/aromatic N) is 5. The number of rotatable bonds is 7. The summed E-state index contributed by atoms with van der Waals surface area (Å²) < 4.78 is 0. The number of benzene rings is 2. The SMILES string of the molecule is CN/C([S-])=N/N=C(C)/C(C)=N/N=C(\[S-])Nc1ccc(/C=C/c2ccc(N(C)C)cc2)cc1.[Cu+2]. The van der Waals surface area contributed by atoms with Crippen LogP contribution in [-0.2, 0) is 42.3 Å². The zero-order valence-corrected chi connectivity index (χ0v) is 21.7. The van der Waals surface area contributed by atoms with Crippen molar-refractivity contribution in [3.05, 3.63) is 59.7 Å². The maximum Gasteiger partial charge on any atom is 2.00 e. The number of hydrogen-bond donors (Lipinski definition) is 2. The van der Waals surface area contributed by atoms with E-state index in [1.54, 1.807) is 20.9 Å². The first kappa shape index (κ1) is 28.3. The molecule has 33 heavy (non-hydrogen) atoms. The maximum atomic E-state index is 5.25. The van der Waals surface area contributed by atoms with Gasteiger partial charge in [-0.3, -0.25) is 0 Å². The molecule has 0 saturated heterocycles. The molecule has 2 rings (SSSR count). The van der Waals surface area contributed by atoms with Crippen LogP contribution >= 0.6 is 0 Å². The van der Waals surface area contributed by atoms with Crippen molar-refractivity contribution in [3.63, 3.8) is 0 Å². The van der Waals surface area contributed by atoms with Gasteiger partial charge in [0.25, 0.3) is 0 Å². The van der Waals surface area contributed by atoms with Gasteiger partial charge in [-0.2, -0.15) is 20.4 Å². The molecule has 7 nitrogen and oxygen atoms in total. The predicted molar refractivity (Wildman–Crippen MR) is 145 cm³/mol. The third kappa shape index (κ3) is 10.1. The first-order valence-corrected chi connectivity index (χ1v) is 10.7. The Labute approximate surface area is 217 Å². The van der Waals surface area contributed by atoms with E-state index < -0.39 is 0 Å². The maximum absolute atomic E-state index is 5.25. The van der Waals surface area contributed by atoms with Gasteiger partial charge in [0.2, 0.25) is 0 Å². The summed E-state index contributed by atoms with van der Waals surface area (Å²) in [5.74, 6) is 0. The zero-order chi connectivity index (χ0) is 23.5. The van der Waals surface area contributed by atoms with Gasteiger partial charge in [0.15, 0.2) is 0 Å². The van der Waals surface area contributed by atoms with Crippen molar-refractivity contribution in [1.29, 1.82) is 0 Å². The van der Waals surface area contributed by atoms with Gasteiger partial charge in [0, 0.05) is 37.7 Å². The minimum atomic E-state index is 0. The van der Waals surface area contributed by atoms with Crippen LogP contribution in [0.5, 0.6) is 0 Å². The molecule has 0 spiro atoms. The Balaban J connectivity index is 0.00000544. The average Bonchev–Trinajstić information content (AvgIpc) is 2.80. The summed E-state index contributed by atoms with van der Waals surface area (Å²) >= 11 is 10.2. The number of hydrogen-bond acceptors (Lipinski definition) is 7. The van der Waals surface area contributed by atoms with Crippen molar-refractivity contribution < 1.29 is 17.1 Å². The third-order valence-corrected chi connectivity index (χ3v) is 4.83. The molecule has 177 valence electrons. The number of anilines is 2. The molecule has 0 aromatic heterocycles. The molecular formula is C23H27CuN7S2.